The summed E-state index contributed by atoms with van der Waals surface area (Å²) >= 11 is 0. The molecule has 0 spiro atoms. The van der Waals surface area contributed by atoms with Gasteiger partial charge in [0.15, 0.2) is 0 Å². The number of nitrogens with one attached hydrogen (secondary N) is 2. The SMILES string of the molecule is CCC(C)C(NS(=O)(=O)c1ccc(C)cc1)C(=O)NCCc1ccccc1. The second-order valence-corrected chi connectivity index (χ2v) is 8.54. The van der Waals surface area contributed by atoms with Crippen molar-refractivity contribution in [3.63, 3.8) is 0 Å². The van der Waals surface area contributed by atoms with Gasteiger partial charge in [0.05, 0.1) is 4.90 Å². The Morgan fingerprint density at radius 3 is 2.26 bits per heavy atom. The van der Waals surface area contributed by atoms with E-state index in [4.69, 9.17) is 0 Å². The lowest BCUT2D eigenvalue weighted by atomic mass is 9.99. The lowest BCUT2D eigenvalue weighted by Gasteiger charge is -2.23. The van der Waals surface area contributed by atoms with E-state index in [0.717, 1.165) is 11.1 Å². The highest BCUT2D eigenvalue weighted by atomic mass is 32.2. The molecule has 0 aliphatic rings. The van der Waals surface area contributed by atoms with Crippen LogP contribution in [0.3, 0.4) is 0 Å². The van der Waals surface area contributed by atoms with E-state index in [-0.39, 0.29) is 16.7 Å². The molecule has 27 heavy (non-hydrogen) atoms. The molecular formula is C21H28N2O3S. The van der Waals surface area contributed by atoms with Gasteiger partial charge in [-0.1, -0.05) is 68.3 Å². The average Bonchev–Trinajstić information content (AvgIpc) is 2.66. The van der Waals surface area contributed by atoms with Gasteiger partial charge < -0.3 is 5.32 Å². The van der Waals surface area contributed by atoms with Crippen LogP contribution in [0.2, 0.25) is 0 Å². The molecule has 0 aromatic heterocycles. The van der Waals surface area contributed by atoms with Crippen molar-refractivity contribution in [3.8, 4) is 0 Å². The molecule has 0 fully saturated rings. The highest BCUT2D eigenvalue weighted by Crippen LogP contribution is 2.15. The Hall–Kier alpha value is -2.18. The largest absolute Gasteiger partial charge is 0.354 e. The maximum atomic E-state index is 12.7. The maximum absolute atomic E-state index is 12.7. The van der Waals surface area contributed by atoms with E-state index in [9.17, 15) is 13.2 Å². The molecule has 146 valence electrons. The summed E-state index contributed by atoms with van der Waals surface area (Å²) in [6.45, 7) is 6.17. The molecule has 0 saturated carbocycles. The third-order valence-corrected chi connectivity index (χ3v) is 6.12. The molecule has 0 heterocycles. The van der Waals surface area contributed by atoms with Gasteiger partial charge in [0.25, 0.3) is 0 Å². The summed E-state index contributed by atoms with van der Waals surface area (Å²) in [4.78, 5) is 12.8. The summed E-state index contributed by atoms with van der Waals surface area (Å²) in [7, 11) is -3.76. The normalized spacial score (nSPS) is 13.7. The number of benzene rings is 2. The van der Waals surface area contributed by atoms with Crippen molar-refractivity contribution in [2.24, 2.45) is 5.92 Å². The van der Waals surface area contributed by atoms with E-state index in [1.165, 1.54) is 0 Å². The average molecular weight is 389 g/mol. The summed E-state index contributed by atoms with van der Waals surface area (Å²) in [5.74, 6) is -0.419. The van der Waals surface area contributed by atoms with Crippen molar-refractivity contribution in [3.05, 3.63) is 65.7 Å². The molecule has 2 unspecified atom stereocenters. The summed E-state index contributed by atoms with van der Waals surface area (Å²) in [5, 5.41) is 2.86. The molecule has 5 nitrogen and oxygen atoms in total. The molecule has 2 atom stereocenters. The number of rotatable bonds is 9. The molecule has 0 bridgehead atoms. The molecule has 0 aliphatic heterocycles. The molecule has 0 aliphatic carbocycles. The van der Waals surface area contributed by atoms with Crippen LogP contribution in [0.4, 0.5) is 0 Å². The Balaban J connectivity index is 2.05. The Labute approximate surface area is 162 Å². The number of carbonyl (C=O) groups is 1. The van der Waals surface area contributed by atoms with Crippen LogP contribution in [-0.2, 0) is 21.2 Å². The minimum atomic E-state index is -3.76. The minimum Gasteiger partial charge on any atom is -0.354 e. The summed E-state index contributed by atoms with van der Waals surface area (Å²) in [5.41, 5.74) is 2.10. The van der Waals surface area contributed by atoms with E-state index < -0.39 is 16.1 Å². The van der Waals surface area contributed by atoms with Gasteiger partial charge in [0.1, 0.15) is 6.04 Å². The van der Waals surface area contributed by atoms with E-state index in [0.29, 0.717) is 19.4 Å². The Bertz CT molecular complexity index is 833. The number of carbonyl (C=O) groups excluding carboxylic acids is 1. The zero-order chi connectivity index (χ0) is 19.9. The van der Waals surface area contributed by atoms with Crippen molar-refractivity contribution in [2.45, 2.75) is 44.6 Å². The number of hydrogen-bond donors (Lipinski definition) is 2. The topological polar surface area (TPSA) is 75.3 Å². The van der Waals surface area contributed by atoms with Crippen molar-refractivity contribution in [1.82, 2.24) is 10.0 Å². The van der Waals surface area contributed by atoms with Gasteiger partial charge in [0.2, 0.25) is 15.9 Å². The number of amides is 1. The van der Waals surface area contributed by atoms with Crippen molar-refractivity contribution in [2.75, 3.05) is 6.54 Å². The number of sulfonamides is 1. The van der Waals surface area contributed by atoms with Crippen LogP contribution in [0.15, 0.2) is 59.5 Å². The van der Waals surface area contributed by atoms with Gasteiger partial charge in [0, 0.05) is 6.54 Å². The van der Waals surface area contributed by atoms with Crippen LogP contribution in [0.5, 0.6) is 0 Å². The molecule has 6 heteroatoms. The fraction of sp³-hybridized carbons (Fsp3) is 0.381. The van der Waals surface area contributed by atoms with Crippen molar-refractivity contribution < 1.29 is 13.2 Å². The minimum absolute atomic E-state index is 0.123. The zero-order valence-corrected chi connectivity index (χ0v) is 16.9. The first kappa shape index (κ1) is 21.1. The molecule has 0 saturated heterocycles. The Morgan fingerprint density at radius 2 is 1.67 bits per heavy atom. The smallest absolute Gasteiger partial charge is 0.241 e. The fourth-order valence-corrected chi connectivity index (χ4v) is 4.01. The van der Waals surface area contributed by atoms with Crippen LogP contribution >= 0.6 is 0 Å². The quantitative estimate of drug-likeness (QED) is 0.693. The Morgan fingerprint density at radius 1 is 1.04 bits per heavy atom. The molecule has 0 radical (unpaired) electrons. The third-order valence-electron chi connectivity index (χ3n) is 4.66. The molecule has 2 N–H and O–H groups in total. The lowest BCUT2D eigenvalue weighted by Crippen LogP contribution is -2.50. The first-order valence-electron chi connectivity index (χ1n) is 9.24. The lowest BCUT2D eigenvalue weighted by molar-refractivity contribution is -0.123. The second kappa shape index (κ2) is 9.67. The number of aryl methyl sites for hydroxylation is 1. The van der Waals surface area contributed by atoms with Crippen molar-refractivity contribution in [1.29, 1.82) is 0 Å². The second-order valence-electron chi connectivity index (χ2n) is 6.82. The van der Waals surface area contributed by atoms with Crippen LogP contribution in [0.1, 0.15) is 31.4 Å². The molecule has 2 rings (SSSR count). The van der Waals surface area contributed by atoms with Crippen molar-refractivity contribution >= 4 is 15.9 Å². The Kier molecular flexibility index (Phi) is 7.56. The summed E-state index contributed by atoms with van der Waals surface area (Å²) in [6, 6.07) is 15.6. The van der Waals surface area contributed by atoms with Crippen LogP contribution in [-0.4, -0.2) is 26.9 Å². The monoisotopic (exact) mass is 388 g/mol. The summed E-state index contributed by atoms with van der Waals surface area (Å²) in [6.07, 6.45) is 1.39. The maximum Gasteiger partial charge on any atom is 0.241 e. The van der Waals surface area contributed by atoms with E-state index in [1.54, 1.807) is 24.3 Å². The first-order chi connectivity index (χ1) is 12.8. The van der Waals surface area contributed by atoms with Gasteiger partial charge in [-0.25, -0.2) is 8.42 Å². The third kappa shape index (κ3) is 6.19. The predicted octanol–water partition coefficient (Wildman–Crippen LogP) is 3.05. The number of hydrogen-bond acceptors (Lipinski definition) is 3. The van der Waals surface area contributed by atoms with E-state index in [1.807, 2.05) is 51.1 Å². The predicted molar refractivity (Wildman–Crippen MR) is 108 cm³/mol. The van der Waals surface area contributed by atoms with Gasteiger partial charge in [-0.05, 0) is 37.0 Å². The zero-order valence-electron chi connectivity index (χ0n) is 16.1. The molecule has 2 aromatic rings. The van der Waals surface area contributed by atoms with Crippen LogP contribution in [0.25, 0.3) is 0 Å². The van der Waals surface area contributed by atoms with Gasteiger partial charge >= 0.3 is 0 Å². The van der Waals surface area contributed by atoms with Crippen LogP contribution < -0.4 is 10.0 Å². The summed E-state index contributed by atoms with van der Waals surface area (Å²) < 4.78 is 28.0. The van der Waals surface area contributed by atoms with E-state index in [2.05, 4.69) is 10.0 Å². The van der Waals surface area contributed by atoms with Gasteiger partial charge in [-0.3, -0.25) is 4.79 Å². The van der Waals surface area contributed by atoms with E-state index >= 15 is 0 Å². The molecule has 1 amide bonds. The molecule has 2 aromatic carbocycles. The first-order valence-corrected chi connectivity index (χ1v) is 10.7. The highest BCUT2D eigenvalue weighted by Gasteiger charge is 2.29. The van der Waals surface area contributed by atoms with Gasteiger partial charge in [-0.15, -0.1) is 0 Å². The highest BCUT2D eigenvalue weighted by molar-refractivity contribution is 7.89. The van der Waals surface area contributed by atoms with Gasteiger partial charge in [-0.2, -0.15) is 4.72 Å². The fourth-order valence-electron chi connectivity index (χ4n) is 2.70. The standard InChI is InChI=1S/C21H28N2O3S/c1-4-17(3)20(21(24)22-15-14-18-8-6-5-7-9-18)23-27(25,26)19-12-10-16(2)11-13-19/h5-13,17,20,23H,4,14-15H2,1-3H3,(H,22,24). The molecular weight excluding hydrogens is 360 g/mol. The van der Waals surface area contributed by atoms with Crippen LogP contribution in [0, 0.1) is 12.8 Å².